The largest absolute Gasteiger partial charge is 0.459 e. The fourth-order valence-electron chi connectivity index (χ4n) is 2.85. The van der Waals surface area contributed by atoms with E-state index in [-0.39, 0.29) is 17.9 Å². The molecule has 3 rings (SSSR count). The quantitative estimate of drug-likeness (QED) is 0.923. The van der Waals surface area contributed by atoms with Gasteiger partial charge in [0.25, 0.3) is 5.91 Å². The minimum absolute atomic E-state index is 0.137. The zero-order chi connectivity index (χ0) is 17.8. The van der Waals surface area contributed by atoms with Gasteiger partial charge in [0.05, 0.1) is 12.3 Å². The molecule has 1 N–H and O–H groups in total. The second kappa shape index (κ2) is 7.48. The van der Waals surface area contributed by atoms with Gasteiger partial charge in [-0.2, -0.15) is 0 Å². The average Bonchev–Trinajstić information content (AvgIpc) is 3.15. The van der Waals surface area contributed by atoms with Crippen LogP contribution in [0.4, 0.5) is 10.1 Å². The van der Waals surface area contributed by atoms with Crippen molar-refractivity contribution in [2.75, 3.05) is 31.5 Å². The molecule has 2 heterocycles. The minimum atomic E-state index is -0.393. The molecule has 25 heavy (non-hydrogen) atoms. The predicted octanol–water partition coefficient (Wildman–Crippen LogP) is 2.20. The second-order valence-electron chi connectivity index (χ2n) is 5.98. The van der Waals surface area contributed by atoms with Crippen LogP contribution in [0.3, 0.4) is 0 Å². The van der Waals surface area contributed by atoms with Crippen LogP contribution in [-0.4, -0.2) is 53.8 Å². The standard InChI is InChI=1S/C18H20FN3O3/c1-13(17(23)20-15-5-2-4-14(19)12-15)21-7-9-22(10-8-21)18(24)16-6-3-11-25-16/h2-6,11-13H,7-10H2,1H3,(H,20,23)/t13-/m0/s1. The van der Waals surface area contributed by atoms with Crippen molar-refractivity contribution in [3.63, 3.8) is 0 Å². The first-order valence-corrected chi connectivity index (χ1v) is 8.18. The summed E-state index contributed by atoms with van der Waals surface area (Å²) in [6, 6.07) is 8.76. The summed E-state index contributed by atoms with van der Waals surface area (Å²) in [6.07, 6.45) is 1.47. The molecule has 1 saturated heterocycles. The number of amides is 2. The van der Waals surface area contributed by atoms with Gasteiger partial charge in [-0.1, -0.05) is 6.07 Å². The Bertz CT molecular complexity index is 740. The van der Waals surface area contributed by atoms with Crippen LogP contribution < -0.4 is 5.32 Å². The van der Waals surface area contributed by atoms with Crippen LogP contribution in [0.2, 0.25) is 0 Å². The van der Waals surface area contributed by atoms with E-state index in [0.717, 1.165) is 0 Å². The Labute approximate surface area is 145 Å². The van der Waals surface area contributed by atoms with Crippen LogP contribution in [0.15, 0.2) is 47.1 Å². The number of piperazine rings is 1. The lowest BCUT2D eigenvalue weighted by Crippen LogP contribution is -2.54. The lowest BCUT2D eigenvalue weighted by atomic mass is 10.2. The molecule has 1 fully saturated rings. The summed E-state index contributed by atoms with van der Waals surface area (Å²) in [5.41, 5.74) is 0.434. The fourth-order valence-corrected chi connectivity index (χ4v) is 2.85. The Morgan fingerprint density at radius 3 is 2.56 bits per heavy atom. The molecular formula is C18H20FN3O3. The number of furan rings is 1. The summed E-state index contributed by atoms with van der Waals surface area (Å²) >= 11 is 0. The summed E-state index contributed by atoms with van der Waals surface area (Å²) < 4.78 is 18.3. The van der Waals surface area contributed by atoms with Crippen LogP contribution in [0.25, 0.3) is 0 Å². The van der Waals surface area contributed by atoms with Crippen molar-refractivity contribution < 1.29 is 18.4 Å². The number of anilines is 1. The van der Waals surface area contributed by atoms with Gasteiger partial charge in [0.2, 0.25) is 5.91 Å². The Morgan fingerprint density at radius 1 is 1.16 bits per heavy atom. The van der Waals surface area contributed by atoms with Crippen LogP contribution >= 0.6 is 0 Å². The molecule has 1 aromatic carbocycles. The maximum Gasteiger partial charge on any atom is 0.289 e. The molecule has 0 aliphatic carbocycles. The van der Waals surface area contributed by atoms with Gasteiger partial charge >= 0.3 is 0 Å². The number of halogens is 1. The third-order valence-corrected chi connectivity index (χ3v) is 4.35. The van der Waals surface area contributed by atoms with E-state index >= 15 is 0 Å². The molecule has 1 aromatic heterocycles. The summed E-state index contributed by atoms with van der Waals surface area (Å²) in [4.78, 5) is 28.3. The lowest BCUT2D eigenvalue weighted by molar-refractivity contribution is -0.121. The van der Waals surface area contributed by atoms with Gasteiger partial charge in [-0.05, 0) is 37.3 Å². The molecule has 6 nitrogen and oxygen atoms in total. The minimum Gasteiger partial charge on any atom is -0.459 e. The zero-order valence-electron chi connectivity index (χ0n) is 13.9. The first-order valence-electron chi connectivity index (χ1n) is 8.18. The van der Waals surface area contributed by atoms with E-state index in [0.29, 0.717) is 37.6 Å². The monoisotopic (exact) mass is 345 g/mol. The summed E-state index contributed by atoms with van der Waals surface area (Å²) in [5, 5.41) is 2.72. The van der Waals surface area contributed by atoms with E-state index < -0.39 is 5.82 Å². The number of hydrogen-bond donors (Lipinski definition) is 1. The van der Waals surface area contributed by atoms with Crippen molar-refractivity contribution >= 4 is 17.5 Å². The van der Waals surface area contributed by atoms with Crippen molar-refractivity contribution in [3.8, 4) is 0 Å². The smallest absolute Gasteiger partial charge is 0.289 e. The van der Waals surface area contributed by atoms with Crippen molar-refractivity contribution in [2.45, 2.75) is 13.0 Å². The predicted molar refractivity (Wildman–Crippen MR) is 90.7 cm³/mol. The van der Waals surface area contributed by atoms with Crippen molar-refractivity contribution in [1.82, 2.24) is 9.80 Å². The number of carbonyl (C=O) groups is 2. The van der Waals surface area contributed by atoms with E-state index in [1.165, 1.54) is 18.4 Å². The highest BCUT2D eigenvalue weighted by Crippen LogP contribution is 2.14. The highest BCUT2D eigenvalue weighted by molar-refractivity contribution is 5.94. The van der Waals surface area contributed by atoms with E-state index in [1.807, 2.05) is 4.90 Å². The highest BCUT2D eigenvalue weighted by atomic mass is 19.1. The molecule has 0 bridgehead atoms. The molecule has 132 valence electrons. The van der Waals surface area contributed by atoms with Crippen LogP contribution in [-0.2, 0) is 4.79 Å². The molecule has 7 heteroatoms. The second-order valence-corrected chi connectivity index (χ2v) is 5.98. The van der Waals surface area contributed by atoms with E-state index in [1.54, 1.807) is 36.1 Å². The van der Waals surface area contributed by atoms with Gasteiger partial charge in [-0.3, -0.25) is 14.5 Å². The zero-order valence-corrected chi connectivity index (χ0v) is 13.9. The van der Waals surface area contributed by atoms with Gasteiger partial charge in [0, 0.05) is 31.9 Å². The highest BCUT2D eigenvalue weighted by Gasteiger charge is 2.28. The van der Waals surface area contributed by atoms with Crippen molar-refractivity contribution in [3.05, 3.63) is 54.2 Å². The first kappa shape index (κ1) is 17.2. The normalized spacial score (nSPS) is 16.5. The fraction of sp³-hybridized carbons (Fsp3) is 0.333. The third kappa shape index (κ3) is 4.06. The van der Waals surface area contributed by atoms with E-state index in [9.17, 15) is 14.0 Å². The molecule has 1 aliphatic rings. The Kier molecular flexibility index (Phi) is 5.14. The maximum absolute atomic E-state index is 13.2. The third-order valence-electron chi connectivity index (χ3n) is 4.35. The van der Waals surface area contributed by atoms with E-state index in [2.05, 4.69) is 5.32 Å². The number of benzene rings is 1. The molecule has 1 aliphatic heterocycles. The van der Waals surface area contributed by atoms with Crippen molar-refractivity contribution in [1.29, 1.82) is 0 Å². The van der Waals surface area contributed by atoms with Crippen molar-refractivity contribution in [2.24, 2.45) is 0 Å². The van der Waals surface area contributed by atoms with Crippen LogP contribution in [0.5, 0.6) is 0 Å². The Morgan fingerprint density at radius 2 is 1.92 bits per heavy atom. The number of nitrogens with zero attached hydrogens (tertiary/aromatic N) is 2. The molecule has 2 amide bonds. The topological polar surface area (TPSA) is 65.8 Å². The lowest BCUT2D eigenvalue weighted by Gasteiger charge is -2.37. The molecule has 2 aromatic rings. The number of rotatable bonds is 4. The van der Waals surface area contributed by atoms with Crippen LogP contribution in [0.1, 0.15) is 17.5 Å². The summed E-state index contributed by atoms with van der Waals surface area (Å²) in [6.45, 7) is 4.03. The molecular weight excluding hydrogens is 325 g/mol. The van der Waals surface area contributed by atoms with Crippen LogP contribution in [0, 0.1) is 5.82 Å². The van der Waals surface area contributed by atoms with Gasteiger partial charge in [0.1, 0.15) is 5.82 Å². The molecule has 1 atom stereocenters. The summed E-state index contributed by atoms with van der Waals surface area (Å²) in [5.74, 6) is -0.404. The summed E-state index contributed by atoms with van der Waals surface area (Å²) in [7, 11) is 0. The maximum atomic E-state index is 13.2. The average molecular weight is 345 g/mol. The number of hydrogen-bond acceptors (Lipinski definition) is 4. The first-order chi connectivity index (χ1) is 12.0. The Hall–Kier alpha value is -2.67. The molecule has 0 unspecified atom stereocenters. The molecule has 0 spiro atoms. The van der Waals surface area contributed by atoms with E-state index in [4.69, 9.17) is 4.42 Å². The number of carbonyl (C=O) groups excluding carboxylic acids is 2. The molecule has 0 radical (unpaired) electrons. The van der Waals surface area contributed by atoms with Gasteiger partial charge < -0.3 is 14.6 Å². The van der Waals surface area contributed by atoms with Gasteiger partial charge in [-0.25, -0.2) is 4.39 Å². The number of nitrogens with one attached hydrogen (secondary N) is 1. The SMILES string of the molecule is C[C@@H](C(=O)Nc1cccc(F)c1)N1CCN(C(=O)c2ccco2)CC1. The van der Waals surface area contributed by atoms with Gasteiger partial charge in [-0.15, -0.1) is 0 Å². The van der Waals surface area contributed by atoms with Gasteiger partial charge in [0.15, 0.2) is 5.76 Å². The molecule has 0 saturated carbocycles. The Balaban J connectivity index is 1.53.